The van der Waals surface area contributed by atoms with E-state index in [9.17, 15) is 0 Å². The van der Waals surface area contributed by atoms with Crippen LogP contribution in [0.1, 0.15) is 12.8 Å². The van der Waals surface area contributed by atoms with Gasteiger partial charge < -0.3 is 10.1 Å². The van der Waals surface area contributed by atoms with Gasteiger partial charge in [-0.1, -0.05) is 12.1 Å². The number of hydrogen-bond acceptors (Lipinski definition) is 3. The van der Waals surface area contributed by atoms with Gasteiger partial charge in [-0.3, -0.25) is 4.98 Å². The van der Waals surface area contributed by atoms with Crippen molar-refractivity contribution in [2.75, 3.05) is 19.7 Å². The number of hydrogen-bond donors (Lipinski definition) is 1. The van der Waals surface area contributed by atoms with Gasteiger partial charge in [-0.05, 0) is 67.2 Å². The van der Waals surface area contributed by atoms with Crippen LogP contribution in [0.5, 0.6) is 5.75 Å². The summed E-state index contributed by atoms with van der Waals surface area (Å²) in [5.74, 6) is 1.64. The molecule has 3 rings (SSSR count). The Hall–Kier alpha value is -1.87. The number of rotatable bonds is 4. The lowest BCUT2D eigenvalue weighted by Gasteiger charge is -2.22. The predicted octanol–water partition coefficient (Wildman–Crippen LogP) is 3.13. The van der Waals surface area contributed by atoms with Gasteiger partial charge in [0.2, 0.25) is 0 Å². The van der Waals surface area contributed by atoms with Crippen LogP contribution in [0.2, 0.25) is 0 Å². The van der Waals surface area contributed by atoms with Gasteiger partial charge in [-0.25, -0.2) is 0 Å². The number of pyridine rings is 1. The zero-order valence-electron chi connectivity index (χ0n) is 11.6. The second kappa shape index (κ2) is 6.53. The van der Waals surface area contributed by atoms with Crippen molar-refractivity contribution in [3.05, 3.63) is 48.8 Å². The molecule has 104 valence electrons. The van der Waals surface area contributed by atoms with Gasteiger partial charge in [0.05, 0.1) is 6.61 Å². The summed E-state index contributed by atoms with van der Waals surface area (Å²) < 4.78 is 5.96. The highest BCUT2D eigenvalue weighted by molar-refractivity contribution is 5.64. The van der Waals surface area contributed by atoms with Crippen LogP contribution >= 0.6 is 0 Å². The largest absolute Gasteiger partial charge is 0.493 e. The van der Waals surface area contributed by atoms with E-state index in [1.165, 1.54) is 24.0 Å². The highest BCUT2D eigenvalue weighted by atomic mass is 16.5. The monoisotopic (exact) mass is 268 g/mol. The summed E-state index contributed by atoms with van der Waals surface area (Å²) in [4.78, 5) is 4.05. The predicted molar refractivity (Wildman–Crippen MR) is 80.8 cm³/mol. The third-order valence-electron chi connectivity index (χ3n) is 3.79. The van der Waals surface area contributed by atoms with E-state index in [4.69, 9.17) is 4.74 Å². The van der Waals surface area contributed by atoms with E-state index in [1.54, 1.807) is 0 Å². The number of nitrogens with one attached hydrogen (secondary N) is 1. The van der Waals surface area contributed by atoms with Gasteiger partial charge >= 0.3 is 0 Å². The van der Waals surface area contributed by atoms with Crippen molar-refractivity contribution in [1.29, 1.82) is 0 Å². The Morgan fingerprint density at radius 1 is 1.05 bits per heavy atom. The van der Waals surface area contributed by atoms with E-state index < -0.39 is 0 Å². The van der Waals surface area contributed by atoms with Gasteiger partial charge in [-0.2, -0.15) is 0 Å². The van der Waals surface area contributed by atoms with E-state index in [0.717, 1.165) is 25.4 Å². The zero-order valence-corrected chi connectivity index (χ0v) is 11.6. The van der Waals surface area contributed by atoms with Gasteiger partial charge in [0.25, 0.3) is 0 Å². The number of nitrogens with zero attached hydrogens (tertiary/aromatic N) is 1. The Morgan fingerprint density at radius 3 is 2.65 bits per heavy atom. The van der Waals surface area contributed by atoms with Crippen molar-refractivity contribution in [3.8, 4) is 16.9 Å². The summed E-state index contributed by atoms with van der Waals surface area (Å²) in [5.41, 5.74) is 2.35. The summed E-state index contributed by atoms with van der Waals surface area (Å²) >= 11 is 0. The molecule has 0 atom stereocenters. The van der Waals surface area contributed by atoms with Gasteiger partial charge in [0.15, 0.2) is 0 Å². The first-order valence-electron chi connectivity index (χ1n) is 7.26. The van der Waals surface area contributed by atoms with Gasteiger partial charge in [0, 0.05) is 12.4 Å². The third kappa shape index (κ3) is 3.36. The fraction of sp³-hybridized carbons (Fsp3) is 0.353. The average Bonchev–Trinajstić information content (AvgIpc) is 2.55. The molecule has 1 aliphatic rings. The number of ether oxygens (including phenoxy) is 1. The normalized spacial score (nSPS) is 16.0. The van der Waals surface area contributed by atoms with Crippen LogP contribution < -0.4 is 10.1 Å². The Bertz CT molecular complexity index is 536. The van der Waals surface area contributed by atoms with Crippen LogP contribution in [0.4, 0.5) is 0 Å². The first-order chi connectivity index (χ1) is 9.92. The maximum atomic E-state index is 5.96. The second-order valence-electron chi connectivity index (χ2n) is 5.27. The molecule has 1 N–H and O–H groups in total. The summed E-state index contributed by atoms with van der Waals surface area (Å²) in [6.45, 7) is 3.05. The van der Waals surface area contributed by atoms with Crippen LogP contribution in [-0.4, -0.2) is 24.7 Å². The Morgan fingerprint density at radius 2 is 1.85 bits per heavy atom. The number of aromatic nitrogens is 1. The minimum atomic E-state index is 0.681. The van der Waals surface area contributed by atoms with Gasteiger partial charge in [0.1, 0.15) is 5.75 Å². The molecule has 2 heterocycles. The van der Waals surface area contributed by atoms with Gasteiger partial charge in [-0.15, -0.1) is 0 Å². The van der Waals surface area contributed by atoms with E-state index in [1.807, 2.05) is 36.7 Å². The Kier molecular flexibility index (Phi) is 4.28. The summed E-state index contributed by atoms with van der Waals surface area (Å²) in [6, 6.07) is 12.3. The SMILES string of the molecule is c1cc(OCC2CCNCC2)cc(-c2ccncc2)c1. The quantitative estimate of drug-likeness (QED) is 0.925. The molecular weight excluding hydrogens is 248 g/mol. The molecule has 1 saturated heterocycles. The number of piperidine rings is 1. The lowest BCUT2D eigenvalue weighted by molar-refractivity contribution is 0.215. The fourth-order valence-corrected chi connectivity index (χ4v) is 2.57. The van der Waals surface area contributed by atoms with Crippen LogP contribution in [0.3, 0.4) is 0 Å². The standard InChI is InChI=1S/C17H20N2O/c1-2-16(15-6-10-19-11-7-15)12-17(3-1)20-13-14-4-8-18-9-5-14/h1-3,6-7,10-12,14,18H,4-5,8-9,13H2. The molecule has 0 aliphatic carbocycles. The van der Waals surface area contributed by atoms with E-state index in [2.05, 4.69) is 22.4 Å². The Balaban J connectivity index is 1.65. The molecule has 0 bridgehead atoms. The molecular formula is C17H20N2O. The second-order valence-corrected chi connectivity index (χ2v) is 5.27. The molecule has 2 aromatic rings. The van der Waals surface area contributed by atoms with Crippen LogP contribution in [0.15, 0.2) is 48.8 Å². The molecule has 0 spiro atoms. The Labute approximate surface area is 120 Å². The van der Waals surface area contributed by atoms with Crippen LogP contribution in [0, 0.1) is 5.92 Å². The highest BCUT2D eigenvalue weighted by Crippen LogP contribution is 2.24. The molecule has 1 fully saturated rings. The van der Waals surface area contributed by atoms with E-state index in [0.29, 0.717) is 5.92 Å². The summed E-state index contributed by atoms with van der Waals surface area (Å²) in [5, 5.41) is 3.38. The first-order valence-corrected chi connectivity index (χ1v) is 7.26. The molecule has 0 unspecified atom stereocenters. The van der Waals surface area contributed by atoms with Crippen molar-refractivity contribution in [2.45, 2.75) is 12.8 Å². The van der Waals surface area contributed by atoms with Crippen molar-refractivity contribution >= 4 is 0 Å². The fourth-order valence-electron chi connectivity index (χ4n) is 2.57. The first kappa shape index (κ1) is 13.1. The van der Waals surface area contributed by atoms with Crippen molar-refractivity contribution in [3.63, 3.8) is 0 Å². The molecule has 0 radical (unpaired) electrons. The summed E-state index contributed by atoms with van der Waals surface area (Å²) in [7, 11) is 0. The smallest absolute Gasteiger partial charge is 0.119 e. The summed E-state index contributed by atoms with van der Waals surface area (Å²) in [6.07, 6.45) is 6.06. The minimum Gasteiger partial charge on any atom is -0.493 e. The third-order valence-corrected chi connectivity index (χ3v) is 3.79. The van der Waals surface area contributed by atoms with Crippen molar-refractivity contribution in [1.82, 2.24) is 10.3 Å². The minimum absolute atomic E-state index is 0.681. The van der Waals surface area contributed by atoms with E-state index >= 15 is 0 Å². The molecule has 3 nitrogen and oxygen atoms in total. The molecule has 20 heavy (non-hydrogen) atoms. The molecule has 1 aliphatic heterocycles. The molecule has 0 saturated carbocycles. The molecule has 1 aromatic carbocycles. The lowest BCUT2D eigenvalue weighted by atomic mass is 9.99. The van der Waals surface area contributed by atoms with Crippen molar-refractivity contribution in [2.24, 2.45) is 5.92 Å². The molecule has 0 amide bonds. The highest BCUT2D eigenvalue weighted by Gasteiger charge is 2.13. The van der Waals surface area contributed by atoms with Crippen LogP contribution in [-0.2, 0) is 0 Å². The lowest BCUT2D eigenvalue weighted by Crippen LogP contribution is -2.30. The van der Waals surface area contributed by atoms with E-state index in [-0.39, 0.29) is 0 Å². The average molecular weight is 268 g/mol. The molecule has 3 heteroatoms. The maximum Gasteiger partial charge on any atom is 0.119 e. The number of benzene rings is 1. The zero-order chi connectivity index (χ0) is 13.6. The van der Waals surface area contributed by atoms with Crippen molar-refractivity contribution < 1.29 is 4.74 Å². The maximum absolute atomic E-state index is 5.96. The topological polar surface area (TPSA) is 34.1 Å². The molecule has 1 aromatic heterocycles. The van der Waals surface area contributed by atoms with Crippen LogP contribution in [0.25, 0.3) is 11.1 Å².